The molecular formula is C17H17ClN4O2. The Kier molecular flexibility index (Phi) is 4.78. The molecule has 2 aromatic heterocycles. The number of imidazole rings is 1. The molecule has 7 heteroatoms. The third-order valence-corrected chi connectivity index (χ3v) is 4.00. The van der Waals surface area contributed by atoms with Gasteiger partial charge in [0.15, 0.2) is 0 Å². The molecule has 1 N–H and O–H groups in total. The molecule has 0 spiro atoms. The number of benzene rings is 1. The molecule has 0 saturated heterocycles. The fourth-order valence-electron chi connectivity index (χ4n) is 2.45. The second kappa shape index (κ2) is 6.98. The number of aliphatic hydroxyl groups is 1. The smallest absolute Gasteiger partial charge is 0.232 e. The van der Waals surface area contributed by atoms with Crippen molar-refractivity contribution >= 4 is 11.6 Å². The SMILES string of the molecule is COc1cnc(Cn2cc(CO)nc2C)c(-c2ccccc2Cl)n1. The van der Waals surface area contributed by atoms with Gasteiger partial charge in [-0.3, -0.25) is 4.98 Å². The molecule has 1 aromatic carbocycles. The zero-order valence-corrected chi connectivity index (χ0v) is 14.2. The molecule has 0 bridgehead atoms. The minimum atomic E-state index is -0.0977. The van der Waals surface area contributed by atoms with Gasteiger partial charge in [-0.05, 0) is 13.0 Å². The molecule has 0 unspecified atom stereocenters. The first-order chi connectivity index (χ1) is 11.6. The number of aliphatic hydroxyl groups excluding tert-OH is 1. The summed E-state index contributed by atoms with van der Waals surface area (Å²) in [5.74, 6) is 1.22. The van der Waals surface area contributed by atoms with Gasteiger partial charge < -0.3 is 14.4 Å². The maximum Gasteiger partial charge on any atom is 0.232 e. The Morgan fingerprint density at radius 2 is 2.04 bits per heavy atom. The largest absolute Gasteiger partial charge is 0.480 e. The lowest BCUT2D eigenvalue weighted by atomic mass is 10.1. The van der Waals surface area contributed by atoms with E-state index in [2.05, 4.69) is 15.0 Å². The van der Waals surface area contributed by atoms with Gasteiger partial charge in [-0.2, -0.15) is 0 Å². The van der Waals surface area contributed by atoms with E-state index in [1.807, 2.05) is 35.8 Å². The summed E-state index contributed by atoms with van der Waals surface area (Å²) >= 11 is 6.33. The summed E-state index contributed by atoms with van der Waals surface area (Å²) in [7, 11) is 1.55. The van der Waals surface area contributed by atoms with Gasteiger partial charge >= 0.3 is 0 Å². The first-order valence-corrected chi connectivity index (χ1v) is 7.78. The average Bonchev–Trinajstić information content (AvgIpc) is 2.96. The highest BCUT2D eigenvalue weighted by Crippen LogP contribution is 2.29. The fraction of sp³-hybridized carbons (Fsp3) is 0.235. The number of methoxy groups -OCH3 is 1. The van der Waals surface area contributed by atoms with Crippen LogP contribution in [0.3, 0.4) is 0 Å². The normalized spacial score (nSPS) is 10.8. The van der Waals surface area contributed by atoms with Gasteiger partial charge in [-0.1, -0.05) is 29.8 Å². The monoisotopic (exact) mass is 344 g/mol. The standard InChI is InChI=1S/C17H17ClN4O2/c1-11-20-12(10-23)8-22(11)9-15-17(21-16(24-2)7-19-15)13-5-3-4-6-14(13)18/h3-8,23H,9-10H2,1-2H3. The number of ether oxygens (including phenoxy) is 1. The van der Waals surface area contributed by atoms with Crippen LogP contribution in [-0.4, -0.2) is 31.7 Å². The van der Waals surface area contributed by atoms with Crippen LogP contribution >= 0.6 is 11.6 Å². The van der Waals surface area contributed by atoms with Crippen molar-refractivity contribution < 1.29 is 9.84 Å². The maximum atomic E-state index is 9.24. The van der Waals surface area contributed by atoms with E-state index >= 15 is 0 Å². The van der Waals surface area contributed by atoms with Crippen molar-refractivity contribution in [3.63, 3.8) is 0 Å². The van der Waals surface area contributed by atoms with Crippen LogP contribution in [0.25, 0.3) is 11.3 Å². The molecule has 24 heavy (non-hydrogen) atoms. The summed E-state index contributed by atoms with van der Waals surface area (Å²) in [5, 5.41) is 9.84. The molecule has 0 atom stereocenters. The van der Waals surface area contributed by atoms with Crippen molar-refractivity contribution in [2.24, 2.45) is 0 Å². The minimum absolute atomic E-state index is 0.0977. The van der Waals surface area contributed by atoms with Gasteiger partial charge in [0.1, 0.15) is 5.82 Å². The van der Waals surface area contributed by atoms with E-state index in [-0.39, 0.29) is 6.61 Å². The van der Waals surface area contributed by atoms with Crippen LogP contribution < -0.4 is 4.74 Å². The number of aryl methyl sites for hydroxylation is 1. The topological polar surface area (TPSA) is 73.1 Å². The average molecular weight is 345 g/mol. The molecule has 3 aromatic rings. The molecule has 0 radical (unpaired) electrons. The predicted octanol–water partition coefficient (Wildman–Crippen LogP) is 2.85. The van der Waals surface area contributed by atoms with Crippen molar-refractivity contribution in [2.75, 3.05) is 7.11 Å². The molecule has 3 rings (SSSR count). The lowest BCUT2D eigenvalue weighted by molar-refractivity contribution is 0.277. The highest BCUT2D eigenvalue weighted by atomic mass is 35.5. The van der Waals surface area contributed by atoms with E-state index in [1.54, 1.807) is 19.5 Å². The Bertz CT molecular complexity index is 864. The second-order valence-corrected chi connectivity index (χ2v) is 5.66. The van der Waals surface area contributed by atoms with Crippen molar-refractivity contribution in [1.82, 2.24) is 19.5 Å². The maximum absolute atomic E-state index is 9.24. The number of nitrogens with zero attached hydrogens (tertiary/aromatic N) is 4. The summed E-state index contributed by atoms with van der Waals surface area (Å²) in [4.78, 5) is 13.3. The van der Waals surface area contributed by atoms with Crippen molar-refractivity contribution in [3.8, 4) is 17.1 Å². The van der Waals surface area contributed by atoms with E-state index in [9.17, 15) is 5.11 Å². The van der Waals surface area contributed by atoms with E-state index in [1.165, 1.54) is 0 Å². The van der Waals surface area contributed by atoms with Crippen LogP contribution in [0.2, 0.25) is 5.02 Å². The number of halogens is 1. The third-order valence-electron chi connectivity index (χ3n) is 3.67. The summed E-state index contributed by atoms with van der Waals surface area (Å²) in [6, 6.07) is 7.48. The van der Waals surface area contributed by atoms with Gasteiger partial charge in [-0.25, -0.2) is 9.97 Å². The van der Waals surface area contributed by atoms with Crippen molar-refractivity contribution in [2.45, 2.75) is 20.1 Å². The Morgan fingerprint density at radius 3 is 2.71 bits per heavy atom. The quantitative estimate of drug-likeness (QED) is 0.770. The van der Waals surface area contributed by atoms with E-state index in [0.717, 1.165) is 17.1 Å². The second-order valence-electron chi connectivity index (χ2n) is 5.25. The minimum Gasteiger partial charge on any atom is -0.480 e. The Labute approximate surface area is 144 Å². The Morgan fingerprint density at radius 1 is 1.25 bits per heavy atom. The van der Waals surface area contributed by atoms with Crippen LogP contribution in [0.4, 0.5) is 0 Å². The molecular weight excluding hydrogens is 328 g/mol. The zero-order valence-electron chi connectivity index (χ0n) is 13.4. The molecule has 0 fully saturated rings. The van der Waals surface area contributed by atoms with Crippen LogP contribution in [0.1, 0.15) is 17.2 Å². The lowest BCUT2D eigenvalue weighted by Gasteiger charge is -2.12. The van der Waals surface area contributed by atoms with Crippen LogP contribution in [-0.2, 0) is 13.2 Å². The molecule has 0 aliphatic rings. The van der Waals surface area contributed by atoms with Crippen LogP contribution in [0.15, 0.2) is 36.7 Å². The summed E-state index contributed by atoms with van der Waals surface area (Å²) in [6.45, 7) is 2.25. The number of hydrogen-bond donors (Lipinski definition) is 1. The number of hydrogen-bond acceptors (Lipinski definition) is 5. The van der Waals surface area contributed by atoms with E-state index in [0.29, 0.717) is 28.8 Å². The molecule has 0 amide bonds. The first-order valence-electron chi connectivity index (χ1n) is 7.40. The lowest BCUT2D eigenvalue weighted by Crippen LogP contribution is -2.07. The number of aromatic nitrogens is 4. The zero-order chi connectivity index (χ0) is 17.1. The molecule has 6 nitrogen and oxygen atoms in total. The fourth-order valence-corrected chi connectivity index (χ4v) is 2.68. The van der Waals surface area contributed by atoms with Gasteiger partial charge in [-0.15, -0.1) is 0 Å². The molecule has 0 saturated carbocycles. The molecule has 0 aliphatic heterocycles. The Hall–Kier alpha value is -2.44. The van der Waals surface area contributed by atoms with E-state index < -0.39 is 0 Å². The van der Waals surface area contributed by atoms with Crippen LogP contribution in [0, 0.1) is 6.92 Å². The van der Waals surface area contributed by atoms with Gasteiger partial charge in [0, 0.05) is 11.8 Å². The first kappa shape index (κ1) is 16.4. The molecule has 2 heterocycles. The van der Waals surface area contributed by atoms with Crippen LogP contribution in [0.5, 0.6) is 5.88 Å². The number of rotatable bonds is 5. The third kappa shape index (κ3) is 3.25. The predicted molar refractivity (Wildman–Crippen MR) is 91.0 cm³/mol. The highest BCUT2D eigenvalue weighted by molar-refractivity contribution is 6.33. The van der Waals surface area contributed by atoms with E-state index in [4.69, 9.17) is 16.3 Å². The van der Waals surface area contributed by atoms with Crippen molar-refractivity contribution in [3.05, 3.63) is 58.9 Å². The highest BCUT2D eigenvalue weighted by Gasteiger charge is 2.15. The summed E-state index contributed by atoms with van der Waals surface area (Å²) < 4.78 is 7.12. The van der Waals surface area contributed by atoms with Crippen molar-refractivity contribution in [1.29, 1.82) is 0 Å². The van der Waals surface area contributed by atoms with Gasteiger partial charge in [0.2, 0.25) is 5.88 Å². The van der Waals surface area contributed by atoms with Gasteiger partial charge in [0.05, 0.1) is 48.6 Å². The Balaban J connectivity index is 2.07. The summed E-state index contributed by atoms with van der Waals surface area (Å²) in [6.07, 6.45) is 3.38. The van der Waals surface area contributed by atoms with Gasteiger partial charge in [0.25, 0.3) is 0 Å². The molecule has 124 valence electrons. The molecule has 0 aliphatic carbocycles. The summed E-state index contributed by atoms with van der Waals surface area (Å²) in [5.41, 5.74) is 2.82.